The summed E-state index contributed by atoms with van der Waals surface area (Å²) in [5.74, 6) is 7.31. The first-order valence-electron chi connectivity index (χ1n) is 28.5. The summed E-state index contributed by atoms with van der Waals surface area (Å²) in [7, 11) is 0. The van der Waals surface area contributed by atoms with Crippen LogP contribution in [0.3, 0.4) is 0 Å². The van der Waals surface area contributed by atoms with Gasteiger partial charge < -0.3 is 0 Å². The smallest absolute Gasteiger partial charge is 0.135 e. The zero-order valence-electron chi connectivity index (χ0n) is 44.0. The average Bonchev–Trinajstić information content (AvgIpc) is 3.30. The summed E-state index contributed by atoms with van der Waals surface area (Å²) in [6, 6.07) is 14.3. The van der Waals surface area contributed by atoms with Gasteiger partial charge in [-0.15, -0.1) is 0 Å². The second-order valence-corrected chi connectivity index (χ2v) is 19.7. The van der Waals surface area contributed by atoms with Crippen molar-refractivity contribution >= 4 is 22.8 Å². The molecule has 0 fully saturated rings. The van der Waals surface area contributed by atoms with Gasteiger partial charge in [0, 0.05) is 22.9 Å². The van der Waals surface area contributed by atoms with Crippen molar-refractivity contribution in [1.82, 2.24) is 0 Å². The molecular weight excluding hydrogens is 831 g/mol. The summed E-state index contributed by atoms with van der Waals surface area (Å²) in [5.41, 5.74) is 9.82. The fraction of sp³-hybridized carbons (Fsp3) is 0.742. The molecule has 0 N–H and O–H groups in total. The second kappa shape index (κ2) is 44.3. The molecule has 2 aromatic rings. The molecule has 2 rings (SSSR count). The summed E-state index contributed by atoms with van der Waals surface area (Å²) in [4.78, 5) is 11.0. The maximum Gasteiger partial charge on any atom is 0.135 e. The minimum absolute atomic E-state index is 0. The minimum Gasteiger partial charge on any atom is -0.250 e. The fourth-order valence-electron chi connectivity index (χ4n) is 9.08. The first kappa shape index (κ1) is 60.8. The molecule has 0 aliphatic carbocycles. The third kappa shape index (κ3) is 33.1. The van der Waals surface area contributed by atoms with Crippen LogP contribution in [0.5, 0.6) is 0 Å². The van der Waals surface area contributed by atoms with E-state index in [1.807, 2.05) is 0 Å². The van der Waals surface area contributed by atoms with Gasteiger partial charge in [-0.1, -0.05) is 239 Å². The van der Waals surface area contributed by atoms with Crippen molar-refractivity contribution in [3.05, 3.63) is 58.7 Å². The molecule has 0 amide bonds. The molecule has 3 heteroatoms. The molecule has 372 valence electrons. The zero-order chi connectivity index (χ0) is 46.0. The zero-order valence-corrected chi connectivity index (χ0v) is 44.9. The molecule has 2 aromatic carbocycles. The monoisotopic (exact) mass is 935 g/mol. The van der Waals surface area contributed by atoms with E-state index >= 15 is 0 Å². The molecule has 0 atom stereocenters. The first-order valence-corrected chi connectivity index (χ1v) is 28.5. The summed E-state index contributed by atoms with van der Waals surface area (Å²) in [5, 5.41) is 0. The first-order chi connectivity index (χ1) is 31.6. The normalized spacial score (nSPS) is 11.8. The third-order valence-electron chi connectivity index (χ3n) is 13.3. The maximum absolute atomic E-state index is 5.50. The van der Waals surface area contributed by atoms with E-state index in [1.54, 1.807) is 0 Å². The van der Waals surface area contributed by atoms with E-state index in [9.17, 15) is 0 Å². The van der Waals surface area contributed by atoms with Crippen LogP contribution in [0.25, 0.3) is 0 Å². The van der Waals surface area contributed by atoms with E-state index in [-0.39, 0.29) is 16.5 Å². The van der Waals surface area contributed by atoms with Gasteiger partial charge in [0.05, 0.1) is 17.1 Å². The van der Waals surface area contributed by atoms with Gasteiger partial charge in [0.25, 0.3) is 0 Å². The predicted octanol–water partition coefficient (Wildman–Crippen LogP) is 20.9. The molecule has 0 radical (unpaired) electrons. The largest absolute Gasteiger partial charge is 0.250 e. The molecule has 0 bridgehead atoms. The number of aryl methyl sites for hydroxylation is 4. The standard InChI is InChI=1S/C62H104N2.Ni/c1-7-13-19-20-21-22-23-24-25-26-27-28-29-30-31-32-33-34-35-36-37-38-39-40-42-48-62(64-60-53-57(45-17-11-5)50-58(54-60)46-18-12-6)61(47-41-14-8-2)63-59-51-55(43-15-9-3)49-56(52-59)44-16-10-4;/h49-54H,7-41,43-47H2,1-6H3;. The van der Waals surface area contributed by atoms with Gasteiger partial charge in [0.1, 0.15) is 5.71 Å². The summed E-state index contributed by atoms with van der Waals surface area (Å²) in [6.45, 7) is 13.8. The number of hydrogen-bond acceptors (Lipinski definition) is 2. The molecule has 2 nitrogen and oxygen atoms in total. The Hall–Kier alpha value is -2.17. The summed E-state index contributed by atoms with van der Waals surface area (Å²) in [6.07, 6.45) is 52.2. The van der Waals surface area contributed by atoms with Gasteiger partial charge in [0.2, 0.25) is 0 Å². The number of unbranched alkanes of at least 4 members (excludes halogenated alkanes) is 29. The van der Waals surface area contributed by atoms with Crippen LogP contribution >= 0.6 is 0 Å². The Morgan fingerprint density at radius 3 is 0.969 bits per heavy atom. The molecule has 0 saturated heterocycles. The third-order valence-corrected chi connectivity index (χ3v) is 13.3. The molecule has 0 saturated carbocycles. The Morgan fingerprint density at radius 2 is 0.631 bits per heavy atom. The maximum atomic E-state index is 5.50. The van der Waals surface area contributed by atoms with Gasteiger partial charge in [-0.05, 0) is 123 Å². The molecule has 0 aliphatic heterocycles. The van der Waals surface area contributed by atoms with Gasteiger partial charge >= 0.3 is 0 Å². The molecule has 65 heavy (non-hydrogen) atoms. The van der Waals surface area contributed by atoms with Crippen molar-refractivity contribution in [3.63, 3.8) is 0 Å². The number of rotatable bonds is 42. The Bertz CT molecular complexity index is 1470. The van der Waals surface area contributed by atoms with Crippen molar-refractivity contribution in [3.8, 4) is 11.8 Å². The van der Waals surface area contributed by atoms with Gasteiger partial charge in [-0.25, -0.2) is 4.99 Å². The van der Waals surface area contributed by atoms with Crippen LogP contribution in [0.2, 0.25) is 0 Å². The molecule has 0 heterocycles. The van der Waals surface area contributed by atoms with Crippen LogP contribution in [-0.4, -0.2) is 11.4 Å². The molecule has 0 spiro atoms. The van der Waals surface area contributed by atoms with Gasteiger partial charge in [-0.2, -0.15) is 0 Å². The average molecular weight is 936 g/mol. The predicted molar refractivity (Wildman–Crippen MR) is 290 cm³/mol. The second-order valence-electron chi connectivity index (χ2n) is 19.7. The van der Waals surface area contributed by atoms with E-state index in [2.05, 4.69) is 89.8 Å². The van der Waals surface area contributed by atoms with Crippen molar-refractivity contribution in [2.24, 2.45) is 9.98 Å². The van der Waals surface area contributed by atoms with Crippen LogP contribution in [0.15, 0.2) is 46.4 Å². The van der Waals surface area contributed by atoms with E-state index in [4.69, 9.17) is 9.98 Å². The van der Waals surface area contributed by atoms with Crippen molar-refractivity contribution < 1.29 is 16.5 Å². The van der Waals surface area contributed by atoms with Crippen LogP contribution in [-0.2, 0) is 42.2 Å². The number of hydrogen-bond donors (Lipinski definition) is 0. The van der Waals surface area contributed by atoms with Crippen LogP contribution in [0, 0.1) is 11.8 Å². The molecule has 0 aliphatic rings. The van der Waals surface area contributed by atoms with E-state index in [0.29, 0.717) is 0 Å². The van der Waals surface area contributed by atoms with Gasteiger partial charge in [0.15, 0.2) is 0 Å². The quantitative estimate of drug-likeness (QED) is 0.0274. The summed E-state index contributed by atoms with van der Waals surface area (Å²) >= 11 is 0. The summed E-state index contributed by atoms with van der Waals surface area (Å²) < 4.78 is 0. The van der Waals surface area contributed by atoms with Crippen molar-refractivity contribution in [2.45, 2.75) is 298 Å². The topological polar surface area (TPSA) is 24.7 Å². The van der Waals surface area contributed by atoms with E-state index in [1.165, 1.54) is 234 Å². The Labute approximate surface area is 416 Å². The van der Waals surface area contributed by atoms with Gasteiger partial charge in [-0.3, -0.25) is 4.99 Å². The fourth-order valence-corrected chi connectivity index (χ4v) is 9.08. The number of benzene rings is 2. The van der Waals surface area contributed by atoms with E-state index < -0.39 is 0 Å². The van der Waals surface area contributed by atoms with Crippen molar-refractivity contribution in [1.29, 1.82) is 0 Å². The number of aliphatic imine (C=N–C) groups is 2. The minimum atomic E-state index is 0. The Balaban J connectivity index is 0.0000211. The molecular formula is C62H104N2Ni. The van der Waals surface area contributed by atoms with Crippen LogP contribution in [0.4, 0.5) is 11.4 Å². The Kier molecular flexibility index (Phi) is 41.5. The molecule has 0 unspecified atom stereocenters. The van der Waals surface area contributed by atoms with Crippen LogP contribution < -0.4 is 0 Å². The van der Waals surface area contributed by atoms with Crippen LogP contribution in [0.1, 0.15) is 295 Å². The van der Waals surface area contributed by atoms with Crippen molar-refractivity contribution in [2.75, 3.05) is 0 Å². The SMILES string of the molecule is CCCCCCCCCCCCCCCCCCCCCCCCCC#CC(=Nc1cc(CCCC)cc(CCCC)c1)C(CCCCC)=Nc1cc(CCCC)cc(CCCC)c1.[Ni]. The number of nitrogens with zero attached hydrogens (tertiary/aromatic N) is 2. The molecule has 0 aromatic heterocycles. The Morgan fingerprint density at radius 1 is 0.338 bits per heavy atom. The van der Waals surface area contributed by atoms with E-state index in [0.717, 1.165) is 67.7 Å².